The van der Waals surface area contributed by atoms with Crippen LogP contribution in [0.3, 0.4) is 0 Å². The van der Waals surface area contributed by atoms with E-state index >= 15 is 0 Å². The summed E-state index contributed by atoms with van der Waals surface area (Å²) in [5.74, 6) is 0. The van der Waals surface area contributed by atoms with Crippen LogP contribution in [-0.4, -0.2) is 6.04 Å². The van der Waals surface area contributed by atoms with Gasteiger partial charge in [0, 0.05) is 6.04 Å². The lowest BCUT2D eigenvalue weighted by Crippen LogP contribution is -2.15. The zero-order valence-electron chi connectivity index (χ0n) is 5.09. The van der Waals surface area contributed by atoms with E-state index in [0.717, 1.165) is 6.42 Å². The zero-order chi connectivity index (χ0) is 5.82. The normalized spacial score (nSPS) is 26.9. The van der Waals surface area contributed by atoms with E-state index in [2.05, 4.69) is 30.5 Å². The summed E-state index contributed by atoms with van der Waals surface area (Å²) in [4.78, 5) is 0. The maximum absolute atomic E-state index is 3.18. The van der Waals surface area contributed by atoms with Crippen molar-refractivity contribution in [3.05, 3.63) is 24.4 Å². The highest BCUT2D eigenvalue weighted by atomic mass is 14.9. The van der Waals surface area contributed by atoms with Gasteiger partial charge in [0.15, 0.2) is 0 Å². The number of rotatable bonds is 0. The van der Waals surface area contributed by atoms with Crippen molar-refractivity contribution in [3.63, 3.8) is 0 Å². The van der Waals surface area contributed by atoms with Crippen molar-refractivity contribution in [2.75, 3.05) is 0 Å². The summed E-state index contributed by atoms with van der Waals surface area (Å²) in [5.41, 5.74) is 0. The first-order valence-corrected chi connectivity index (χ1v) is 2.97. The second-order valence-corrected chi connectivity index (χ2v) is 2.02. The molecule has 1 unspecified atom stereocenters. The molecule has 0 saturated carbocycles. The van der Waals surface area contributed by atoms with Gasteiger partial charge < -0.3 is 5.32 Å². The molecular formula is C7H11N. The van der Waals surface area contributed by atoms with Crippen molar-refractivity contribution in [2.45, 2.75) is 19.4 Å². The Balaban J connectivity index is 2.48. The van der Waals surface area contributed by atoms with E-state index in [1.165, 1.54) is 0 Å². The standard InChI is InChI=1S/C7H11N/c1-7-5-3-2-4-6-8-7/h3-8H,2H2,1H3. The maximum atomic E-state index is 3.18. The van der Waals surface area contributed by atoms with Crippen LogP contribution in [0, 0.1) is 0 Å². The molecule has 0 fully saturated rings. The molecule has 44 valence electrons. The molecule has 0 saturated heterocycles. The molecule has 1 nitrogen and oxygen atoms in total. The van der Waals surface area contributed by atoms with E-state index in [1.807, 2.05) is 6.20 Å². The van der Waals surface area contributed by atoms with Crippen LogP contribution in [0.5, 0.6) is 0 Å². The third kappa shape index (κ3) is 1.41. The molecule has 0 radical (unpaired) electrons. The zero-order valence-corrected chi connectivity index (χ0v) is 5.09. The van der Waals surface area contributed by atoms with E-state index in [4.69, 9.17) is 0 Å². The SMILES string of the molecule is CC1C=CCC=CN1. The topological polar surface area (TPSA) is 12.0 Å². The fourth-order valence-corrected chi connectivity index (χ4v) is 0.705. The number of allylic oxidation sites excluding steroid dienone is 2. The van der Waals surface area contributed by atoms with Gasteiger partial charge in [-0.3, -0.25) is 0 Å². The first-order valence-electron chi connectivity index (χ1n) is 2.97. The Morgan fingerprint density at radius 1 is 1.50 bits per heavy atom. The number of hydrogen-bond acceptors (Lipinski definition) is 1. The molecule has 1 atom stereocenters. The van der Waals surface area contributed by atoms with Crippen molar-refractivity contribution in [3.8, 4) is 0 Å². The molecule has 8 heavy (non-hydrogen) atoms. The maximum Gasteiger partial charge on any atom is 0.0410 e. The molecule has 0 spiro atoms. The molecule has 0 amide bonds. The van der Waals surface area contributed by atoms with Crippen LogP contribution in [0.1, 0.15) is 13.3 Å². The lowest BCUT2D eigenvalue weighted by atomic mass is 10.3. The Labute approximate surface area is 50.1 Å². The second-order valence-electron chi connectivity index (χ2n) is 2.02. The molecular weight excluding hydrogens is 98.1 g/mol. The summed E-state index contributed by atoms with van der Waals surface area (Å²) in [5, 5.41) is 3.18. The van der Waals surface area contributed by atoms with Gasteiger partial charge >= 0.3 is 0 Å². The summed E-state index contributed by atoms with van der Waals surface area (Å²) in [6, 6.07) is 0.508. The van der Waals surface area contributed by atoms with E-state index in [9.17, 15) is 0 Å². The summed E-state index contributed by atoms with van der Waals surface area (Å²) in [6.45, 7) is 2.13. The third-order valence-electron chi connectivity index (χ3n) is 1.17. The van der Waals surface area contributed by atoms with Gasteiger partial charge in [0.05, 0.1) is 0 Å². The monoisotopic (exact) mass is 109 g/mol. The fraction of sp³-hybridized carbons (Fsp3) is 0.429. The molecule has 1 heteroatoms. The lowest BCUT2D eigenvalue weighted by molar-refractivity contribution is 0.773. The minimum atomic E-state index is 0.508. The van der Waals surface area contributed by atoms with Gasteiger partial charge in [0.25, 0.3) is 0 Å². The third-order valence-corrected chi connectivity index (χ3v) is 1.17. The molecule has 1 rings (SSSR count). The van der Waals surface area contributed by atoms with Gasteiger partial charge in [-0.1, -0.05) is 18.2 Å². The van der Waals surface area contributed by atoms with Crippen LogP contribution in [0.15, 0.2) is 24.4 Å². The summed E-state index contributed by atoms with van der Waals surface area (Å²) < 4.78 is 0. The first kappa shape index (κ1) is 5.42. The van der Waals surface area contributed by atoms with Gasteiger partial charge in [-0.2, -0.15) is 0 Å². The largest absolute Gasteiger partial charge is 0.385 e. The van der Waals surface area contributed by atoms with Gasteiger partial charge in [-0.15, -0.1) is 0 Å². The highest BCUT2D eigenvalue weighted by molar-refractivity contribution is 5.02. The Morgan fingerprint density at radius 3 is 3.25 bits per heavy atom. The predicted octanol–water partition coefficient (Wildman–Crippen LogP) is 1.44. The fourth-order valence-electron chi connectivity index (χ4n) is 0.705. The van der Waals surface area contributed by atoms with E-state index in [0.29, 0.717) is 6.04 Å². The number of nitrogens with one attached hydrogen (secondary N) is 1. The molecule has 1 aliphatic rings. The Morgan fingerprint density at radius 2 is 2.38 bits per heavy atom. The molecule has 0 aliphatic carbocycles. The van der Waals surface area contributed by atoms with Crippen LogP contribution < -0.4 is 5.32 Å². The first-order chi connectivity index (χ1) is 3.89. The Kier molecular flexibility index (Phi) is 1.73. The average Bonchev–Trinajstić information content (AvgIpc) is 1.94. The molecule has 1 heterocycles. The van der Waals surface area contributed by atoms with Crippen LogP contribution >= 0.6 is 0 Å². The highest BCUT2D eigenvalue weighted by Gasteiger charge is 1.90. The average molecular weight is 109 g/mol. The lowest BCUT2D eigenvalue weighted by Gasteiger charge is -2.01. The van der Waals surface area contributed by atoms with Crippen molar-refractivity contribution in [1.82, 2.24) is 5.32 Å². The van der Waals surface area contributed by atoms with Crippen molar-refractivity contribution >= 4 is 0 Å². The van der Waals surface area contributed by atoms with Gasteiger partial charge in [-0.05, 0) is 19.5 Å². The Bertz CT molecular complexity index is 114. The van der Waals surface area contributed by atoms with Gasteiger partial charge in [0.2, 0.25) is 0 Å². The molecule has 0 aromatic rings. The predicted molar refractivity (Wildman–Crippen MR) is 35.5 cm³/mol. The minimum absolute atomic E-state index is 0.508. The summed E-state index contributed by atoms with van der Waals surface area (Å²) in [7, 11) is 0. The highest BCUT2D eigenvalue weighted by Crippen LogP contribution is 1.93. The molecule has 0 bridgehead atoms. The molecule has 0 aromatic heterocycles. The van der Waals surface area contributed by atoms with Crippen molar-refractivity contribution < 1.29 is 0 Å². The Hall–Kier alpha value is -0.720. The van der Waals surface area contributed by atoms with Crippen LogP contribution in [-0.2, 0) is 0 Å². The van der Waals surface area contributed by atoms with Crippen LogP contribution in [0.25, 0.3) is 0 Å². The van der Waals surface area contributed by atoms with Crippen molar-refractivity contribution in [1.29, 1.82) is 0 Å². The van der Waals surface area contributed by atoms with E-state index in [1.54, 1.807) is 0 Å². The van der Waals surface area contributed by atoms with Gasteiger partial charge in [0.1, 0.15) is 0 Å². The molecule has 1 N–H and O–H groups in total. The van der Waals surface area contributed by atoms with E-state index in [-0.39, 0.29) is 0 Å². The van der Waals surface area contributed by atoms with E-state index < -0.39 is 0 Å². The van der Waals surface area contributed by atoms with Gasteiger partial charge in [-0.25, -0.2) is 0 Å². The minimum Gasteiger partial charge on any atom is -0.385 e. The molecule has 0 aromatic carbocycles. The van der Waals surface area contributed by atoms with Crippen LogP contribution in [0.4, 0.5) is 0 Å². The van der Waals surface area contributed by atoms with Crippen molar-refractivity contribution in [2.24, 2.45) is 0 Å². The van der Waals surface area contributed by atoms with Crippen LogP contribution in [0.2, 0.25) is 0 Å². The second kappa shape index (κ2) is 2.55. The smallest absolute Gasteiger partial charge is 0.0410 e. The molecule has 1 aliphatic heterocycles. The summed E-state index contributed by atoms with van der Waals surface area (Å²) in [6.07, 6.45) is 9.52. The summed E-state index contributed by atoms with van der Waals surface area (Å²) >= 11 is 0. The number of hydrogen-bond donors (Lipinski definition) is 1. The quantitative estimate of drug-likeness (QED) is 0.464.